The van der Waals surface area contributed by atoms with Gasteiger partial charge in [0.05, 0.1) is 18.3 Å². The topological polar surface area (TPSA) is 85.7 Å². The molecule has 0 saturated carbocycles. The average Bonchev–Trinajstić information content (AvgIpc) is 3.48. The molecule has 32 heavy (non-hydrogen) atoms. The number of amides is 2. The van der Waals surface area contributed by atoms with E-state index < -0.39 is 0 Å². The molecule has 2 aromatic carbocycles. The Morgan fingerprint density at radius 1 is 1.03 bits per heavy atom. The highest BCUT2D eigenvalue weighted by Crippen LogP contribution is 2.34. The summed E-state index contributed by atoms with van der Waals surface area (Å²) in [4.78, 5) is 27.4. The summed E-state index contributed by atoms with van der Waals surface area (Å²) >= 11 is 0. The second-order valence-electron chi connectivity index (χ2n) is 8.04. The summed E-state index contributed by atoms with van der Waals surface area (Å²) in [6, 6.07) is 15.4. The third kappa shape index (κ3) is 4.30. The van der Waals surface area contributed by atoms with Crippen LogP contribution in [0.25, 0.3) is 0 Å². The van der Waals surface area contributed by atoms with E-state index in [1.165, 1.54) is 0 Å². The van der Waals surface area contributed by atoms with Crippen LogP contribution < -0.4 is 14.8 Å². The molecule has 3 aromatic rings. The highest BCUT2D eigenvalue weighted by molar-refractivity contribution is 5.95. The Balaban J connectivity index is 1.14. The maximum Gasteiger partial charge on any atom is 0.257 e. The molecule has 5 rings (SSSR count). The third-order valence-corrected chi connectivity index (χ3v) is 5.86. The van der Waals surface area contributed by atoms with Crippen LogP contribution in [0.2, 0.25) is 0 Å². The van der Waals surface area contributed by atoms with Gasteiger partial charge < -0.3 is 19.7 Å². The van der Waals surface area contributed by atoms with Gasteiger partial charge in [0, 0.05) is 37.0 Å². The van der Waals surface area contributed by atoms with E-state index in [1.54, 1.807) is 40.2 Å². The standard InChI is InChI=1S/C24H24N4O4/c29-23(26-20-6-7-21-22(12-20)32-16-31-21)18-8-10-27(11-9-18)24(30)19-13-25-28(15-19)14-17-4-2-1-3-5-17/h1-7,12-13,15,18H,8-11,14,16H2,(H,26,29). The summed E-state index contributed by atoms with van der Waals surface area (Å²) in [5.41, 5.74) is 2.39. The van der Waals surface area contributed by atoms with Crippen LogP contribution in [-0.2, 0) is 11.3 Å². The van der Waals surface area contributed by atoms with Crippen molar-refractivity contribution in [3.8, 4) is 11.5 Å². The van der Waals surface area contributed by atoms with Crippen molar-refractivity contribution in [1.29, 1.82) is 0 Å². The van der Waals surface area contributed by atoms with Gasteiger partial charge in [-0.25, -0.2) is 0 Å². The summed E-state index contributed by atoms with van der Waals surface area (Å²) in [6.45, 7) is 1.91. The molecular weight excluding hydrogens is 408 g/mol. The number of carbonyl (C=O) groups is 2. The van der Waals surface area contributed by atoms with Gasteiger partial charge >= 0.3 is 0 Å². The van der Waals surface area contributed by atoms with E-state index in [-0.39, 0.29) is 24.5 Å². The number of benzene rings is 2. The Morgan fingerprint density at radius 3 is 2.62 bits per heavy atom. The number of carbonyl (C=O) groups excluding carboxylic acids is 2. The van der Waals surface area contributed by atoms with Crippen LogP contribution in [0.1, 0.15) is 28.8 Å². The van der Waals surface area contributed by atoms with Gasteiger partial charge in [-0.3, -0.25) is 14.3 Å². The molecule has 164 valence electrons. The molecule has 0 radical (unpaired) electrons. The fourth-order valence-electron chi connectivity index (χ4n) is 4.08. The first-order chi connectivity index (χ1) is 15.7. The summed E-state index contributed by atoms with van der Waals surface area (Å²) in [6.07, 6.45) is 4.65. The molecule has 0 atom stereocenters. The van der Waals surface area contributed by atoms with E-state index in [0.29, 0.717) is 55.2 Å². The van der Waals surface area contributed by atoms with E-state index in [0.717, 1.165) is 5.56 Å². The minimum Gasteiger partial charge on any atom is -0.454 e. The van der Waals surface area contributed by atoms with Crippen molar-refractivity contribution >= 4 is 17.5 Å². The molecular formula is C24H24N4O4. The number of aromatic nitrogens is 2. The molecule has 0 bridgehead atoms. The molecule has 8 heteroatoms. The number of ether oxygens (including phenoxy) is 2. The zero-order valence-electron chi connectivity index (χ0n) is 17.6. The fraction of sp³-hybridized carbons (Fsp3) is 0.292. The second kappa shape index (κ2) is 8.74. The minimum atomic E-state index is -0.134. The lowest BCUT2D eigenvalue weighted by molar-refractivity contribution is -0.121. The molecule has 1 fully saturated rings. The summed E-state index contributed by atoms with van der Waals surface area (Å²) in [5, 5.41) is 7.28. The first-order valence-electron chi connectivity index (χ1n) is 10.7. The van der Waals surface area contributed by atoms with Crippen molar-refractivity contribution < 1.29 is 19.1 Å². The van der Waals surface area contributed by atoms with Crippen LogP contribution in [-0.4, -0.2) is 46.4 Å². The molecule has 2 amide bonds. The average molecular weight is 432 g/mol. The van der Waals surface area contributed by atoms with Crippen LogP contribution in [0.3, 0.4) is 0 Å². The van der Waals surface area contributed by atoms with Gasteiger partial charge in [-0.05, 0) is 30.5 Å². The minimum absolute atomic E-state index is 0.0355. The van der Waals surface area contributed by atoms with Crippen molar-refractivity contribution in [2.24, 2.45) is 5.92 Å². The van der Waals surface area contributed by atoms with E-state index in [1.807, 2.05) is 30.3 Å². The zero-order valence-corrected chi connectivity index (χ0v) is 17.6. The molecule has 0 aliphatic carbocycles. The van der Waals surface area contributed by atoms with Crippen molar-refractivity contribution in [3.05, 3.63) is 72.1 Å². The molecule has 1 saturated heterocycles. The Bertz CT molecular complexity index is 1120. The fourth-order valence-corrected chi connectivity index (χ4v) is 4.08. The summed E-state index contributed by atoms with van der Waals surface area (Å²) in [5.74, 6) is 1.11. The third-order valence-electron chi connectivity index (χ3n) is 5.86. The first kappa shape index (κ1) is 20.1. The second-order valence-corrected chi connectivity index (χ2v) is 8.04. The van der Waals surface area contributed by atoms with Crippen molar-refractivity contribution in [3.63, 3.8) is 0 Å². The lowest BCUT2D eigenvalue weighted by Gasteiger charge is -2.31. The van der Waals surface area contributed by atoms with Crippen molar-refractivity contribution in [2.45, 2.75) is 19.4 Å². The Hall–Kier alpha value is -3.81. The zero-order chi connectivity index (χ0) is 21.9. The molecule has 0 unspecified atom stereocenters. The number of nitrogens with one attached hydrogen (secondary N) is 1. The number of nitrogens with zero attached hydrogens (tertiary/aromatic N) is 3. The predicted molar refractivity (Wildman–Crippen MR) is 118 cm³/mol. The predicted octanol–water partition coefficient (Wildman–Crippen LogP) is 3.15. The van der Waals surface area contributed by atoms with Crippen LogP contribution in [0.5, 0.6) is 11.5 Å². The first-order valence-corrected chi connectivity index (χ1v) is 10.7. The van der Waals surface area contributed by atoms with Gasteiger partial charge in [-0.1, -0.05) is 30.3 Å². The lowest BCUT2D eigenvalue weighted by atomic mass is 9.95. The van der Waals surface area contributed by atoms with Gasteiger partial charge in [0.1, 0.15) is 0 Å². The largest absolute Gasteiger partial charge is 0.454 e. The molecule has 0 spiro atoms. The summed E-state index contributed by atoms with van der Waals surface area (Å²) < 4.78 is 12.4. The van der Waals surface area contributed by atoms with Crippen molar-refractivity contribution in [2.75, 3.05) is 25.2 Å². The molecule has 2 aliphatic rings. The molecule has 1 aromatic heterocycles. The van der Waals surface area contributed by atoms with Gasteiger partial charge in [0.15, 0.2) is 11.5 Å². The molecule has 8 nitrogen and oxygen atoms in total. The van der Waals surface area contributed by atoms with Crippen LogP contribution in [0.15, 0.2) is 60.9 Å². The summed E-state index contributed by atoms with van der Waals surface area (Å²) in [7, 11) is 0. The van der Waals surface area contributed by atoms with Gasteiger partial charge in [0.25, 0.3) is 5.91 Å². The maximum absolute atomic E-state index is 12.9. The smallest absolute Gasteiger partial charge is 0.257 e. The maximum atomic E-state index is 12.9. The lowest BCUT2D eigenvalue weighted by Crippen LogP contribution is -2.41. The quantitative estimate of drug-likeness (QED) is 0.670. The van der Waals surface area contributed by atoms with E-state index in [2.05, 4.69) is 10.4 Å². The Labute approximate surface area is 185 Å². The monoisotopic (exact) mass is 432 g/mol. The number of hydrogen-bond donors (Lipinski definition) is 1. The Morgan fingerprint density at radius 2 is 1.81 bits per heavy atom. The normalized spacial score (nSPS) is 15.6. The molecule has 1 N–H and O–H groups in total. The Kier molecular flexibility index (Phi) is 5.49. The van der Waals surface area contributed by atoms with Gasteiger partial charge in [-0.2, -0.15) is 5.10 Å². The molecule has 2 aliphatic heterocycles. The van der Waals surface area contributed by atoms with E-state index in [4.69, 9.17) is 9.47 Å². The number of hydrogen-bond acceptors (Lipinski definition) is 5. The van der Waals surface area contributed by atoms with Crippen LogP contribution in [0, 0.1) is 5.92 Å². The van der Waals surface area contributed by atoms with Gasteiger partial charge in [0.2, 0.25) is 12.7 Å². The van der Waals surface area contributed by atoms with Crippen LogP contribution in [0.4, 0.5) is 5.69 Å². The molecule has 3 heterocycles. The van der Waals surface area contributed by atoms with E-state index in [9.17, 15) is 9.59 Å². The highest BCUT2D eigenvalue weighted by Gasteiger charge is 2.28. The number of rotatable bonds is 5. The highest BCUT2D eigenvalue weighted by atomic mass is 16.7. The number of anilines is 1. The van der Waals surface area contributed by atoms with Crippen molar-refractivity contribution in [1.82, 2.24) is 14.7 Å². The SMILES string of the molecule is O=C(Nc1ccc2c(c1)OCO2)C1CCN(C(=O)c2cnn(Cc3ccccc3)c2)CC1. The number of piperidine rings is 1. The number of fused-ring (bicyclic) bond motifs is 1. The van der Waals surface area contributed by atoms with Crippen LogP contribution >= 0.6 is 0 Å². The number of likely N-dealkylation sites (tertiary alicyclic amines) is 1. The van der Waals surface area contributed by atoms with E-state index >= 15 is 0 Å². The van der Waals surface area contributed by atoms with Gasteiger partial charge in [-0.15, -0.1) is 0 Å².